The first-order valence-electron chi connectivity index (χ1n) is 5.06. The molecular formula is C11H17N3O2. The van der Waals surface area contributed by atoms with Crippen molar-refractivity contribution in [2.45, 2.75) is 19.4 Å². The molecule has 88 valence electrons. The van der Waals surface area contributed by atoms with Crippen molar-refractivity contribution < 1.29 is 4.79 Å². The van der Waals surface area contributed by atoms with Crippen LogP contribution < -0.4 is 11.3 Å². The normalized spacial score (nSPS) is 11.2. The molecular weight excluding hydrogens is 206 g/mol. The van der Waals surface area contributed by atoms with Gasteiger partial charge in [-0.25, -0.2) is 0 Å². The highest BCUT2D eigenvalue weighted by Crippen LogP contribution is 2.12. The molecule has 0 spiro atoms. The van der Waals surface area contributed by atoms with Gasteiger partial charge in [0.25, 0.3) is 5.91 Å². The van der Waals surface area contributed by atoms with Gasteiger partial charge in [-0.15, -0.1) is 0 Å². The lowest BCUT2D eigenvalue weighted by atomic mass is 10.0. The molecule has 1 heterocycles. The van der Waals surface area contributed by atoms with Crippen molar-refractivity contribution in [2.24, 2.45) is 5.73 Å². The minimum absolute atomic E-state index is 0.242. The number of likely N-dealkylation sites (N-methyl/N-ethyl adjacent to an activating group) is 1. The van der Waals surface area contributed by atoms with Gasteiger partial charge in [0.2, 0.25) is 5.56 Å². The summed E-state index contributed by atoms with van der Waals surface area (Å²) in [7, 11) is 1.67. The third kappa shape index (κ3) is 2.49. The van der Waals surface area contributed by atoms with Crippen molar-refractivity contribution in [1.29, 1.82) is 0 Å². The number of aromatic amines is 1. The molecule has 0 saturated heterocycles. The summed E-state index contributed by atoms with van der Waals surface area (Å²) >= 11 is 0. The number of rotatable bonds is 3. The lowest BCUT2D eigenvalue weighted by molar-refractivity contribution is 0.0634. The van der Waals surface area contributed by atoms with Crippen LogP contribution in [0.3, 0.4) is 0 Å². The quantitative estimate of drug-likeness (QED) is 0.767. The Hall–Kier alpha value is -1.62. The summed E-state index contributed by atoms with van der Waals surface area (Å²) in [6.45, 7) is 4.09. The third-order valence-corrected chi connectivity index (χ3v) is 2.71. The molecule has 5 nitrogen and oxygen atoms in total. The summed E-state index contributed by atoms with van der Waals surface area (Å²) in [5.41, 5.74) is 5.13. The second kappa shape index (κ2) is 4.49. The zero-order valence-electron chi connectivity index (χ0n) is 9.78. The van der Waals surface area contributed by atoms with Crippen LogP contribution in [0.25, 0.3) is 0 Å². The SMILES string of the molecule is CN(C(=O)c1cccc(=O)[nH]1)C(C)(C)CN. The zero-order valence-corrected chi connectivity index (χ0v) is 9.78. The number of hydrogen-bond donors (Lipinski definition) is 2. The van der Waals surface area contributed by atoms with Crippen LogP contribution in [0.5, 0.6) is 0 Å². The van der Waals surface area contributed by atoms with Crippen LogP contribution in [-0.2, 0) is 0 Å². The Morgan fingerprint density at radius 3 is 2.62 bits per heavy atom. The highest BCUT2D eigenvalue weighted by Gasteiger charge is 2.27. The van der Waals surface area contributed by atoms with E-state index in [1.54, 1.807) is 19.2 Å². The molecule has 16 heavy (non-hydrogen) atoms. The van der Waals surface area contributed by atoms with Gasteiger partial charge in [0.1, 0.15) is 5.69 Å². The van der Waals surface area contributed by atoms with Gasteiger partial charge in [0, 0.05) is 25.2 Å². The molecule has 1 amide bonds. The minimum atomic E-state index is -0.441. The number of carbonyl (C=O) groups is 1. The Balaban J connectivity index is 2.99. The van der Waals surface area contributed by atoms with Crippen molar-refractivity contribution in [2.75, 3.05) is 13.6 Å². The highest BCUT2D eigenvalue weighted by atomic mass is 16.2. The summed E-state index contributed by atoms with van der Waals surface area (Å²) in [6.07, 6.45) is 0. The Morgan fingerprint density at radius 2 is 2.12 bits per heavy atom. The second-order valence-corrected chi connectivity index (χ2v) is 4.31. The molecule has 5 heteroatoms. The maximum Gasteiger partial charge on any atom is 0.270 e. The Labute approximate surface area is 94.3 Å². The maximum atomic E-state index is 12.0. The van der Waals surface area contributed by atoms with E-state index >= 15 is 0 Å². The van der Waals surface area contributed by atoms with E-state index in [0.29, 0.717) is 6.54 Å². The van der Waals surface area contributed by atoms with E-state index in [1.807, 2.05) is 13.8 Å². The average molecular weight is 223 g/mol. The van der Waals surface area contributed by atoms with E-state index < -0.39 is 5.54 Å². The summed E-state index contributed by atoms with van der Waals surface area (Å²) in [5.74, 6) is -0.242. The number of nitrogens with one attached hydrogen (secondary N) is 1. The third-order valence-electron chi connectivity index (χ3n) is 2.71. The van der Waals surface area contributed by atoms with Crippen molar-refractivity contribution >= 4 is 5.91 Å². The highest BCUT2D eigenvalue weighted by molar-refractivity contribution is 5.92. The zero-order chi connectivity index (χ0) is 12.3. The van der Waals surface area contributed by atoms with Crippen LogP contribution in [0.4, 0.5) is 0 Å². The van der Waals surface area contributed by atoms with Gasteiger partial charge in [-0.05, 0) is 19.9 Å². The van der Waals surface area contributed by atoms with Crippen molar-refractivity contribution in [1.82, 2.24) is 9.88 Å². The fourth-order valence-electron chi connectivity index (χ4n) is 1.17. The van der Waals surface area contributed by atoms with Crippen LogP contribution in [0.1, 0.15) is 24.3 Å². The lowest BCUT2D eigenvalue weighted by Gasteiger charge is -2.34. The van der Waals surface area contributed by atoms with Crippen LogP contribution in [0.15, 0.2) is 23.0 Å². The molecule has 0 aliphatic rings. The van der Waals surface area contributed by atoms with E-state index in [1.165, 1.54) is 11.0 Å². The van der Waals surface area contributed by atoms with Gasteiger partial charge in [-0.3, -0.25) is 9.59 Å². The predicted octanol–water partition coefficient (Wildman–Crippen LogP) is 0.184. The smallest absolute Gasteiger partial charge is 0.270 e. The summed E-state index contributed by atoms with van der Waals surface area (Å²) < 4.78 is 0. The first kappa shape index (κ1) is 12.4. The largest absolute Gasteiger partial charge is 0.334 e. The lowest BCUT2D eigenvalue weighted by Crippen LogP contribution is -2.50. The molecule has 1 aromatic heterocycles. The van der Waals surface area contributed by atoms with Crippen LogP contribution in [0.2, 0.25) is 0 Å². The second-order valence-electron chi connectivity index (χ2n) is 4.31. The molecule has 3 N–H and O–H groups in total. The first-order chi connectivity index (χ1) is 7.38. The standard InChI is InChI=1S/C11H17N3O2/c1-11(2,7-12)14(3)10(16)8-5-4-6-9(15)13-8/h4-6H,7,12H2,1-3H3,(H,13,15). The first-order valence-corrected chi connectivity index (χ1v) is 5.06. The number of pyridine rings is 1. The fraction of sp³-hybridized carbons (Fsp3) is 0.455. The van der Waals surface area contributed by atoms with Crippen LogP contribution in [-0.4, -0.2) is 34.9 Å². The Morgan fingerprint density at radius 1 is 1.50 bits per heavy atom. The maximum absolute atomic E-state index is 12.0. The summed E-state index contributed by atoms with van der Waals surface area (Å²) in [5, 5.41) is 0. The van der Waals surface area contributed by atoms with Gasteiger partial charge >= 0.3 is 0 Å². The van der Waals surface area contributed by atoms with E-state index in [-0.39, 0.29) is 17.2 Å². The number of hydrogen-bond acceptors (Lipinski definition) is 3. The number of amides is 1. The van der Waals surface area contributed by atoms with E-state index in [0.717, 1.165) is 0 Å². The molecule has 0 aliphatic carbocycles. The van der Waals surface area contributed by atoms with Crippen LogP contribution in [0, 0.1) is 0 Å². The van der Waals surface area contributed by atoms with Gasteiger partial charge in [0.15, 0.2) is 0 Å². The van der Waals surface area contributed by atoms with E-state index in [4.69, 9.17) is 5.73 Å². The molecule has 0 aliphatic heterocycles. The van der Waals surface area contributed by atoms with Gasteiger partial charge in [0.05, 0.1) is 0 Å². The van der Waals surface area contributed by atoms with Gasteiger partial charge < -0.3 is 15.6 Å². The molecule has 0 fully saturated rings. The number of aromatic nitrogens is 1. The topological polar surface area (TPSA) is 79.2 Å². The van der Waals surface area contributed by atoms with Crippen molar-refractivity contribution in [3.8, 4) is 0 Å². The summed E-state index contributed by atoms with van der Waals surface area (Å²) in [6, 6.07) is 4.49. The predicted molar refractivity (Wildman–Crippen MR) is 62.3 cm³/mol. The molecule has 1 aromatic rings. The van der Waals surface area contributed by atoms with E-state index in [9.17, 15) is 9.59 Å². The molecule has 0 bridgehead atoms. The molecule has 0 atom stereocenters. The number of H-pyrrole nitrogens is 1. The summed E-state index contributed by atoms with van der Waals surface area (Å²) in [4.78, 5) is 27.1. The monoisotopic (exact) mass is 223 g/mol. The number of nitrogens with zero attached hydrogens (tertiary/aromatic N) is 1. The van der Waals surface area contributed by atoms with Gasteiger partial charge in [-0.1, -0.05) is 6.07 Å². The molecule has 0 unspecified atom stereocenters. The minimum Gasteiger partial charge on any atom is -0.334 e. The van der Waals surface area contributed by atoms with Gasteiger partial charge in [-0.2, -0.15) is 0 Å². The number of carbonyl (C=O) groups excluding carboxylic acids is 1. The fourth-order valence-corrected chi connectivity index (χ4v) is 1.17. The Kier molecular flexibility index (Phi) is 3.49. The molecule has 1 rings (SSSR count). The average Bonchev–Trinajstić information content (AvgIpc) is 2.27. The molecule has 0 radical (unpaired) electrons. The van der Waals surface area contributed by atoms with Crippen molar-refractivity contribution in [3.63, 3.8) is 0 Å². The van der Waals surface area contributed by atoms with Crippen LogP contribution >= 0.6 is 0 Å². The van der Waals surface area contributed by atoms with Crippen molar-refractivity contribution in [3.05, 3.63) is 34.2 Å². The Bertz CT molecular complexity index is 437. The molecule has 0 aromatic carbocycles. The molecule has 0 saturated carbocycles. The number of nitrogens with two attached hydrogens (primary N) is 1. The van der Waals surface area contributed by atoms with E-state index in [2.05, 4.69) is 4.98 Å².